The van der Waals surface area contributed by atoms with E-state index in [1.54, 1.807) is 7.05 Å². The van der Waals surface area contributed by atoms with Crippen molar-refractivity contribution in [1.29, 1.82) is 5.26 Å². The summed E-state index contributed by atoms with van der Waals surface area (Å²) in [5.74, 6) is 0.689. The number of nitriles is 1. The highest BCUT2D eigenvalue weighted by atomic mass is 32.2. The molecule has 1 fully saturated rings. The monoisotopic (exact) mass is 243 g/mol. The van der Waals surface area contributed by atoms with Gasteiger partial charge in [-0.3, -0.25) is 10.2 Å². The molecule has 2 unspecified atom stereocenters. The average Bonchev–Trinajstić information content (AvgIpc) is 2.61. The van der Waals surface area contributed by atoms with E-state index in [1.807, 2.05) is 20.8 Å². The van der Waals surface area contributed by atoms with E-state index in [2.05, 4.69) is 11.4 Å². The van der Waals surface area contributed by atoms with Crippen molar-refractivity contribution in [3.8, 4) is 6.07 Å². The van der Waals surface area contributed by atoms with Crippen molar-refractivity contribution < 1.29 is 9.53 Å². The van der Waals surface area contributed by atoms with E-state index in [4.69, 9.17) is 10.00 Å². The molecule has 0 aromatic heterocycles. The summed E-state index contributed by atoms with van der Waals surface area (Å²) in [4.78, 5) is 13.2. The lowest BCUT2D eigenvalue weighted by atomic mass is 10.2. The van der Waals surface area contributed by atoms with Gasteiger partial charge in [0.1, 0.15) is 17.1 Å². The number of nitrogens with one attached hydrogen (secondary N) is 1. The zero-order valence-electron chi connectivity index (χ0n) is 9.98. The van der Waals surface area contributed by atoms with Crippen molar-refractivity contribution in [3.05, 3.63) is 0 Å². The SMILES string of the molecule is CN(C(=O)OC(C)(C)C)C1NC(C#N)CS1. The lowest BCUT2D eigenvalue weighted by molar-refractivity contribution is 0.0265. The van der Waals surface area contributed by atoms with Crippen molar-refractivity contribution in [2.45, 2.75) is 37.9 Å². The number of thioether (sulfide) groups is 1. The summed E-state index contributed by atoms with van der Waals surface area (Å²) in [5, 5.41) is 11.8. The van der Waals surface area contributed by atoms with Crippen LogP contribution in [0.3, 0.4) is 0 Å². The van der Waals surface area contributed by atoms with Gasteiger partial charge in [0, 0.05) is 12.8 Å². The van der Waals surface area contributed by atoms with Crippen LogP contribution in [0.15, 0.2) is 0 Å². The molecule has 1 saturated heterocycles. The maximum absolute atomic E-state index is 11.7. The van der Waals surface area contributed by atoms with Gasteiger partial charge in [-0.25, -0.2) is 4.79 Å². The Labute approximate surface area is 100 Å². The van der Waals surface area contributed by atoms with Gasteiger partial charge in [0.2, 0.25) is 0 Å². The van der Waals surface area contributed by atoms with Gasteiger partial charge < -0.3 is 4.74 Å². The molecule has 0 bridgehead atoms. The Kier molecular flexibility index (Phi) is 4.05. The highest BCUT2D eigenvalue weighted by Gasteiger charge is 2.31. The number of carbonyl (C=O) groups is 1. The van der Waals surface area contributed by atoms with E-state index in [0.717, 1.165) is 0 Å². The fourth-order valence-electron chi connectivity index (χ4n) is 1.18. The van der Waals surface area contributed by atoms with E-state index in [0.29, 0.717) is 5.75 Å². The van der Waals surface area contributed by atoms with Gasteiger partial charge >= 0.3 is 6.09 Å². The largest absolute Gasteiger partial charge is 0.444 e. The first-order valence-corrected chi connectivity index (χ1v) is 6.11. The molecule has 0 aromatic carbocycles. The standard InChI is InChI=1S/C10H17N3O2S/c1-10(2,3)15-9(14)13(4)8-12-7(5-11)6-16-8/h7-8,12H,6H2,1-4H3. The number of carbonyl (C=O) groups excluding carboxylic acids is 1. The molecular weight excluding hydrogens is 226 g/mol. The van der Waals surface area contributed by atoms with E-state index in [-0.39, 0.29) is 17.6 Å². The number of amides is 1. The van der Waals surface area contributed by atoms with Gasteiger partial charge in [-0.15, -0.1) is 11.8 Å². The molecule has 0 saturated carbocycles. The normalized spacial score (nSPS) is 24.9. The van der Waals surface area contributed by atoms with Crippen LogP contribution < -0.4 is 5.32 Å². The van der Waals surface area contributed by atoms with Crippen LogP contribution in [0, 0.1) is 11.3 Å². The summed E-state index contributed by atoms with van der Waals surface area (Å²) in [5.41, 5.74) is -0.678. The first kappa shape index (κ1) is 13.1. The Balaban J connectivity index is 2.50. The first-order valence-electron chi connectivity index (χ1n) is 5.06. The van der Waals surface area contributed by atoms with E-state index in [1.165, 1.54) is 16.7 Å². The molecule has 2 atom stereocenters. The number of hydrogen-bond acceptors (Lipinski definition) is 5. The molecule has 6 heteroatoms. The van der Waals surface area contributed by atoms with Crippen molar-refractivity contribution in [2.75, 3.05) is 12.8 Å². The molecule has 1 amide bonds. The molecule has 1 heterocycles. The number of ether oxygens (including phenoxy) is 1. The van der Waals surface area contributed by atoms with Gasteiger partial charge in [0.05, 0.1) is 6.07 Å². The van der Waals surface area contributed by atoms with Gasteiger partial charge in [-0.1, -0.05) is 0 Å². The maximum atomic E-state index is 11.7. The Morgan fingerprint density at radius 2 is 2.25 bits per heavy atom. The molecule has 5 nitrogen and oxygen atoms in total. The molecule has 0 aliphatic carbocycles. The Morgan fingerprint density at radius 1 is 1.62 bits per heavy atom. The Hall–Kier alpha value is -0.930. The molecule has 1 N–H and O–H groups in total. The van der Waals surface area contributed by atoms with Crippen LogP contribution in [0.1, 0.15) is 20.8 Å². The molecule has 1 rings (SSSR count). The summed E-state index contributed by atoms with van der Waals surface area (Å²) >= 11 is 1.53. The maximum Gasteiger partial charge on any atom is 0.411 e. The zero-order valence-corrected chi connectivity index (χ0v) is 10.8. The van der Waals surface area contributed by atoms with Crippen LogP contribution in [0.4, 0.5) is 4.79 Å². The topological polar surface area (TPSA) is 65.4 Å². The molecule has 1 aliphatic heterocycles. The third-order valence-corrected chi connectivity index (χ3v) is 3.25. The zero-order chi connectivity index (χ0) is 12.3. The predicted octanol–water partition coefficient (Wildman–Crippen LogP) is 1.37. The van der Waals surface area contributed by atoms with Crippen LogP contribution in [-0.2, 0) is 4.74 Å². The Bertz CT molecular complexity index is 308. The van der Waals surface area contributed by atoms with E-state index >= 15 is 0 Å². The highest BCUT2D eigenvalue weighted by Crippen LogP contribution is 2.22. The van der Waals surface area contributed by atoms with Gasteiger partial charge in [0.15, 0.2) is 0 Å². The summed E-state index contributed by atoms with van der Waals surface area (Å²) < 4.78 is 5.23. The van der Waals surface area contributed by atoms with Crippen LogP contribution >= 0.6 is 11.8 Å². The average molecular weight is 243 g/mol. The lowest BCUT2D eigenvalue weighted by Gasteiger charge is -2.28. The van der Waals surface area contributed by atoms with Crippen molar-refractivity contribution in [3.63, 3.8) is 0 Å². The van der Waals surface area contributed by atoms with Crippen molar-refractivity contribution in [2.24, 2.45) is 0 Å². The van der Waals surface area contributed by atoms with Crippen LogP contribution in [-0.4, -0.2) is 40.9 Å². The van der Waals surface area contributed by atoms with Gasteiger partial charge in [0.25, 0.3) is 0 Å². The molecule has 0 aromatic rings. The third kappa shape index (κ3) is 3.58. The summed E-state index contributed by atoms with van der Waals surface area (Å²) in [6.07, 6.45) is -0.379. The third-order valence-electron chi connectivity index (χ3n) is 1.95. The minimum absolute atomic E-state index is 0.181. The Morgan fingerprint density at radius 3 is 2.69 bits per heavy atom. The van der Waals surface area contributed by atoms with Crippen LogP contribution in [0.2, 0.25) is 0 Å². The van der Waals surface area contributed by atoms with E-state index < -0.39 is 5.60 Å². The van der Waals surface area contributed by atoms with E-state index in [9.17, 15) is 4.79 Å². The van der Waals surface area contributed by atoms with Crippen LogP contribution in [0.5, 0.6) is 0 Å². The second kappa shape index (κ2) is 4.93. The molecule has 0 radical (unpaired) electrons. The van der Waals surface area contributed by atoms with Gasteiger partial charge in [-0.2, -0.15) is 5.26 Å². The minimum Gasteiger partial charge on any atom is -0.444 e. The molecule has 0 spiro atoms. The minimum atomic E-state index is -0.497. The van der Waals surface area contributed by atoms with Crippen molar-refractivity contribution >= 4 is 17.9 Å². The fraction of sp³-hybridized carbons (Fsp3) is 0.800. The van der Waals surface area contributed by atoms with Crippen molar-refractivity contribution in [1.82, 2.24) is 10.2 Å². The lowest BCUT2D eigenvalue weighted by Crippen LogP contribution is -2.45. The fourth-order valence-corrected chi connectivity index (χ4v) is 2.30. The molecular formula is C10H17N3O2S. The number of hydrogen-bond donors (Lipinski definition) is 1. The van der Waals surface area contributed by atoms with Crippen LogP contribution in [0.25, 0.3) is 0 Å². The summed E-state index contributed by atoms with van der Waals surface area (Å²) in [6, 6.07) is 1.93. The van der Waals surface area contributed by atoms with Gasteiger partial charge in [-0.05, 0) is 20.8 Å². The predicted molar refractivity (Wildman–Crippen MR) is 62.8 cm³/mol. The summed E-state index contributed by atoms with van der Waals surface area (Å²) in [6.45, 7) is 5.48. The second-order valence-corrected chi connectivity index (χ2v) is 5.74. The smallest absolute Gasteiger partial charge is 0.411 e. The number of nitrogens with zero attached hydrogens (tertiary/aromatic N) is 2. The molecule has 16 heavy (non-hydrogen) atoms. The number of rotatable bonds is 1. The molecule has 1 aliphatic rings. The first-order chi connectivity index (χ1) is 7.33. The second-order valence-electron chi connectivity index (χ2n) is 4.63. The quantitative estimate of drug-likeness (QED) is 0.753. The molecule has 90 valence electrons. The summed E-state index contributed by atoms with van der Waals surface area (Å²) in [7, 11) is 1.67. The highest BCUT2D eigenvalue weighted by molar-refractivity contribution is 8.00.